The van der Waals surface area contributed by atoms with E-state index in [2.05, 4.69) is 82.1 Å². The van der Waals surface area contributed by atoms with Gasteiger partial charge in [-0.05, 0) is 35.1 Å². The molecule has 128 valence electrons. The van der Waals surface area contributed by atoms with E-state index >= 15 is 0 Å². The van der Waals surface area contributed by atoms with Gasteiger partial charge in [-0.3, -0.25) is 0 Å². The molecule has 0 aromatic heterocycles. The second-order valence-electron chi connectivity index (χ2n) is 6.38. The molecule has 6 rings (SSSR count). The van der Waals surface area contributed by atoms with E-state index in [0.29, 0.717) is 11.8 Å². The van der Waals surface area contributed by atoms with Crippen molar-refractivity contribution in [1.29, 1.82) is 0 Å². The third-order valence-electron chi connectivity index (χ3n) is 5.16. The first-order valence-corrected chi connectivity index (χ1v) is 9.94. The normalized spacial score (nSPS) is 25.9. The first-order chi connectivity index (χ1) is 11.5. The summed E-state index contributed by atoms with van der Waals surface area (Å²) in [7, 11) is 3.47. The van der Waals surface area contributed by atoms with Gasteiger partial charge in [0.25, 0.3) is 0 Å². The number of ether oxygens (including phenoxy) is 2. The van der Waals surface area contributed by atoms with Crippen LogP contribution in [-0.2, 0) is 0 Å². The molecule has 0 fully saturated rings. The molecule has 0 spiro atoms. The molecule has 0 heterocycles. The lowest BCUT2D eigenvalue weighted by molar-refractivity contribution is 0.389. The zero-order valence-electron chi connectivity index (χ0n) is 14.3. The Morgan fingerprint density at radius 3 is 1.79 bits per heavy atom. The molecule has 2 nitrogen and oxygen atoms in total. The molecule has 4 heteroatoms. The number of benzene rings is 2. The Labute approximate surface area is 160 Å². The van der Waals surface area contributed by atoms with Gasteiger partial charge < -0.3 is 9.47 Å². The highest BCUT2D eigenvalue weighted by atomic mass is 79.9. The molecular weight excluding hydrogens is 432 g/mol. The highest BCUT2D eigenvalue weighted by Gasteiger charge is 2.28. The average molecular weight is 454 g/mol. The van der Waals surface area contributed by atoms with E-state index in [0.717, 1.165) is 17.1 Å². The minimum Gasteiger partial charge on any atom is -0.496 e. The van der Waals surface area contributed by atoms with Gasteiger partial charge in [0.15, 0.2) is 0 Å². The number of hydrogen-bond donors (Lipinski definition) is 0. The predicted octanol–water partition coefficient (Wildman–Crippen LogP) is 6.50. The molecule has 0 saturated heterocycles. The summed E-state index contributed by atoms with van der Waals surface area (Å²) in [6, 6.07) is 13.1. The second-order valence-corrected chi connectivity index (χ2v) is 8.36. The van der Waals surface area contributed by atoms with Gasteiger partial charge in [-0.15, -0.1) is 0 Å². The van der Waals surface area contributed by atoms with Crippen molar-refractivity contribution in [2.75, 3.05) is 14.2 Å². The molecule has 4 aliphatic rings. The quantitative estimate of drug-likeness (QED) is 0.483. The number of alkyl halides is 2. The molecule has 2 aromatic rings. The number of rotatable bonds is 2. The molecule has 0 amide bonds. The second kappa shape index (κ2) is 7.09. The lowest BCUT2D eigenvalue weighted by Crippen LogP contribution is -2.11. The predicted molar refractivity (Wildman–Crippen MR) is 106 cm³/mol. The fourth-order valence-corrected chi connectivity index (χ4v) is 4.64. The van der Waals surface area contributed by atoms with E-state index in [1.807, 2.05) is 0 Å². The standard InChI is InChI=1S/C20H22Br2O2/c1-11-12(2)15-9-18(24-4)16(10-17(15)23-3)20(22)19(21)14-7-5-13(11)6-8-14/h5-12,19-20H,1-4H3. The maximum atomic E-state index is 5.72. The van der Waals surface area contributed by atoms with Gasteiger partial charge in [-0.1, -0.05) is 70.0 Å². The summed E-state index contributed by atoms with van der Waals surface area (Å²) >= 11 is 7.69. The van der Waals surface area contributed by atoms with Crippen LogP contribution in [0.1, 0.15) is 57.6 Å². The van der Waals surface area contributed by atoms with Crippen LogP contribution in [0.25, 0.3) is 0 Å². The van der Waals surface area contributed by atoms with Crippen LogP contribution in [-0.4, -0.2) is 14.2 Å². The minimum atomic E-state index is 0.0772. The van der Waals surface area contributed by atoms with Crippen LogP contribution in [0.3, 0.4) is 0 Å². The van der Waals surface area contributed by atoms with Crippen LogP contribution in [0, 0.1) is 0 Å². The van der Waals surface area contributed by atoms with E-state index < -0.39 is 0 Å². The van der Waals surface area contributed by atoms with E-state index in [-0.39, 0.29) is 9.65 Å². The van der Waals surface area contributed by atoms with Gasteiger partial charge in [0.2, 0.25) is 0 Å². The Morgan fingerprint density at radius 2 is 1.21 bits per heavy atom. The molecule has 0 aliphatic heterocycles. The van der Waals surface area contributed by atoms with Crippen molar-refractivity contribution >= 4 is 31.9 Å². The topological polar surface area (TPSA) is 18.5 Å². The van der Waals surface area contributed by atoms with Crippen molar-refractivity contribution in [3.63, 3.8) is 0 Å². The average Bonchev–Trinajstić information content (AvgIpc) is 2.63. The maximum absolute atomic E-state index is 5.72. The summed E-state index contributed by atoms with van der Waals surface area (Å²) in [5.74, 6) is 2.52. The SMILES string of the molecule is COc1cc2c(OC)cc1C(C)C(C)c1ccc(cc1)C(Br)C2Br. The lowest BCUT2D eigenvalue weighted by Gasteiger charge is -2.28. The summed E-state index contributed by atoms with van der Waals surface area (Å²) in [6.07, 6.45) is 0. The van der Waals surface area contributed by atoms with Crippen LogP contribution in [0.5, 0.6) is 11.5 Å². The van der Waals surface area contributed by atoms with Gasteiger partial charge in [0, 0.05) is 11.1 Å². The van der Waals surface area contributed by atoms with Crippen LogP contribution < -0.4 is 9.47 Å². The van der Waals surface area contributed by atoms with Crippen molar-refractivity contribution in [2.45, 2.75) is 35.3 Å². The van der Waals surface area contributed by atoms with Crippen LogP contribution in [0.2, 0.25) is 0 Å². The Bertz CT molecular complexity index is 664. The Kier molecular flexibility index (Phi) is 5.26. The number of halogens is 2. The molecule has 4 atom stereocenters. The van der Waals surface area contributed by atoms with Crippen molar-refractivity contribution in [3.8, 4) is 11.5 Å². The van der Waals surface area contributed by atoms with Gasteiger partial charge in [0.05, 0.1) is 23.9 Å². The molecule has 24 heavy (non-hydrogen) atoms. The molecule has 2 aromatic carbocycles. The third kappa shape index (κ3) is 2.99. The first-order valence-electron chi connectivity index (χ1n) is 8.11. The van der Waals surface area contributed by atoms with Crippen molar-refractivity contribution in [3.05, 3.63) is 58.7 Å². The highest BCUT2D eigenvalue weighted by Crippen LogP contribution is 2.49. The zero-order chi connectivity index (χ0) is 17.4. The van der Waals surface area contributed by atoms with Crippen molar-refractivity contribution < 1.29 is 9.47 Å². The van der Waals surface area contributed by atoms with E-state index in [1.54, 1.807) is 14.2 Å². The largest absolute Gasteiger partial charge is 0.496 e. The zero-order valence-corrected chi connectivity index (χ0v) is 17.5. The smallest absolute Gasteiger partial charge is 0.123 e. The van der Waals surface area contributed by atoms with Gasteiger partial charge in [0.1, 0.15) is 11.5 Å². The highest BCUT2D eigenvalue weighted by molar-refractivity contribution is 9.12. The Hall–Kier alpha value is -1.000. The molecule has 0 radical (unpaired) electrons. The monoisotopic (exact) mass is 452 g/mol. The minimum absolute atomic E-state index is 0.0772. The Morgan fingerprint density at radius 1 is 0.708 bits per heavy atom. The number of methoxy groups -OCH3 is 2. The summed E-state index contributed by atoms with van der Waals surface area (Å²) in [5.41, 5.74) is 4.85. The summed E-state index contributed by atoms with van der Waals surface area (Å²) in [6.45, 7) is 4.52. The molecular formula is C20H22Br2O2. The van der Waals surface area contributed by atoms with Crippen molar-refractivity contribution in [1.82, 2.24) is 0 Å². The number of hydrogen-bond acceptors (Lipinski definition) is 2. The summed E-state index contributed by atoms with van der Waals surface area (Å²) in [5, 5.41) is 0. The molecule has 4 aliphatic carbocycles. The molecule has 4 bridgehead atoms. The molecule has 0 N–H and O–H groups in total. The fraction of sp³-hybridized carbons (Fsp3) is 0.400. The third-order valence-corrected chi connectivity index (χ3v) is 7.95. The van der Waals surface area contributed by atoms with E-state index in [9.17, 15) is 0 Å². The molecule has 4 unspecified atom stereocenters. The van der Waals surface area contributed by atoms with Gasteiger partial charge in [-0.25, -0.2) is 0 Å². The van der Waals surface area contributed by atoms with Crippen LogP contribution >= 0.6 is 31.9 Å². The van der Waals surface area contributed by atoms with E-state index in [1.165, 1.54) is 16.7 Å². The van der Waals surface area contributed by atoms with E-state index in [4.69, 9.17) is 9.47 Å². The fourth-order valence-electron chi connectivity index (χ4n) is 3.38. The summed E-state index contributed by atoms with van der Waals surface area (Å²) < 4.78 is 11.4. The summed E-state index contributed by atoms with van der Waals surface area (Å²) in [4.78, 5) is 0.219. The lowest BCUT2D eigenvalue weighted by atomic mass is 9.82. The Balaban J connectivity index is 2.27. The van der Waals surface area contributed by atoms with Crippen LogP contribution in [0.4, 0.5) is 0 Å². The van der Waals surface area contributed by atoms with Gasteiger partial charge in [-0.2, -0.15) is 0 Å². The first kappa shape index (κ1) is 17.8. The maximum Gasteiger partial charge on any atom is 0.123 e. The van der Waals surface area contributed by atoms with Crippen LogP contribution in [0.15, 0.2) is 36.4 Å². The van der Waals surface area contributed by atoms with Gasteiger partial charge >= 0.3 is 0 Å². The van der Waals surface area contributed by atoms with Crippen molar-refractivity contribution in [2.24, 2.45) is 0 Å². The molecule has 0 saturated carbocycles.